The van der Waals surface area contributed by atoms with Gasteiger partial charge in [-0.2, -0.15) is 0 Å². The van der Waals surface area contributed by atoms with E-state index in [1.54, 1.807) is 7.11 Å². The topological polar surface area (TPSA) is 9.23 Å². The molecule has 0 aliphatic heterocycles. The molecular formula is C15H15IO. The molecule has 2 rings (SSSR count). The Morgan fingerprint density at radius 2 is 1.35 bits per heavy atom. The van der Waals surface area contributed by atoms with E-state index in [-0.39, 0.29) is 6.10 Å². The van der Waals surface area contributed by atoms with Gasteiger partial charge in [-0.3, -0.25) is 0 Å². The summed E-state index contributed by atoms with van der Waals surface area (Å²) >= 11 is 2.31. The molecule has 2 aromatic rings. The Kier molecular flexibility index (Phi) is 4.18. The molecule has 1 unspecified atom stereocenters. The molecule has 0 saturated carbocycles. The maximum atomic E-state index is 5.60. The van der Waals surface area contributed by atoms with Crippen LogP contribution in [0.2, 0.25) is 0 Å². The Morgan fingerprint density at radius 3 is 1.82 bits per heavy atom. The van der Waals surface area contributed by atoms with E-state index < -0.39 is 0 Å². The summed E-state index contributed by atoms with van der Waals surface area (Å²) in [6.07, 6.45) is 0.0209. The summed E-state index contributed by atoms with van der Waals surface area (Å²) in [7, 11) is 1.75. The van der Waals surface area contributed by atoms with Crippen molar-refractivity contribution in [1.82, 2.24) is 0 Å². The van der Waals surface area contributed by atoms with Crippen molar-refractivity contribution in [3.05, 3.63) is 68.8 Å². The minimum absolute atomic E-state index is 0.0209. The second-order valence-corrected chi connectivity index (χ2v) is 5.32. The number of benzene rings is 2. The molecule has 0 bridgehead atoms. The predicted octanol–water partition coefficient (Wildman–Crippen LogP) is 4.34. The van der Waals surface area contributed by atoms with Gasteiger partial charge in [-0.1, -0.05) is 42.0 Å². The number of ether oxygens (including phenoxy) is 1. The van der Waals surface area contributed by atoms with Crippen LogP contribution in [0.15, 0.2) is 48.5 Å². The quantitative estimate of drug-likeness (QED) is 0.757. The van der Waals surface area contributed by atoms with E-state index in [4.69, 9.17) is 4.74 Å². The highest BCUT2D eigenvalue weighted by Crippen LogP contribution is 2.26. The summed E-state index contributed by atoms with van der Waals surface area (Å²) < 4.78 is 6.84. The normalized spacial score (nSPS) is 12.4. The van der Waals surface area contributed by atoms with Crippen molar-refractivity contribution in [2.24, 2.45) is 0 Å². The molecular weight excluding hydrogens is 323 g/mol. The van der Waals surface area contributed by atoms with Crippen LogP contribution < -0.4 is 0 Å². The summed E-state index contributed by atoms with van der Waals surface area (Å²) in [5.41, 5.74) is 3.65. The molecule has 0 amide bonds. The van der Waals surface area contributed by atoms with Crippen molar-refractivity contribution in [1.29, 1.82) is 0 Å². The molecule has 17 heavy (non-hydrogen) atoms. The minimum Gasteiger partial charge on any atom is -0.372 e. The van der Waals surface area contributed by atoms with Gasteiger partial charge in [0.2, 0.25) is 0 Å². The fourth-order valence-electron chi connectivity index (χ4n) is 1.84. The van der Waals surface area contributed by atoms with Gasteiger partial charge in [-0.25, -0.2) is 0 Å². The zero-order chi connectivity index (χ0) is 12.3. The monoisotopic (exact) mass is 338 g/mol. The van der Waals surface area contributed by atoms with E-state index in [0.717, 1.165) is 0 Å². The molecule has 0 spiro atoms. The van der Waals surface area contributed by atoms with E-state index in [1.165, 1.54) is 20.3 Å². The molecule has 0 aliphatic carbocycles. The van der Waals surface area contributed by atoms with Crippen molar-refractivity contribution >= 4 is 22.6 Å². The number of hydrogen-bond acceptors (Lipinski definition) is 1. The first-order chi connectivity index (χ1) is 8.20. The molecule has 1 atom stereocenters. The first-order valence-electron chi connectivity index (χ1n) is 5.55. The summed E-state index contributed by atoms with van der Waals surface area (Å²) in [6.45, 7) is 2.09. The van der Waals surface area contributed by atoms with Crippen LogP contribution in [0.1, 0.15) is 22.8 Å². The van der Waals surface area contributed by atoms with Crippen LogP contribution in [0.5, 0.6) is 0 Å². The predicted molar refractivity (Wildman–Crippen MR) is 79.2 cm³/mol. The molecule has 0 radical (unpaired) electrons. The average Bonchev–Trinajstić information content (AvgIpc) is 2.35. The van der Waals surface area contributed by atoms with Crippen LogP contribution in [0.25, 0.3) is 0 Å². The number of methoxy groups -OCH3 is 1. The van der Waals surface area contributed by atoms with Crippen molar-refractivity contribution in [2.75, 3.05) is 7.11 Å². The van der Waals surface area contributed by atoms with Crippen molar-refractivity contribution < 1.29 is 4.74 Å². The lowest BCUT2D eigenvalue weighted by molar-refractivity contribution is 0.136. The SMILES string of the molecule is COC(c1ccc(C)cc1)c1ccc(I)cc1. The molecule has 2 heteroatoms. The molecule has 0 N–H and O–H groups in total. The molecule has 0 aliphatic rings. The number of halogens is 1. The van der Waals surface area contributed by atoms with Crippen LogP contribution in [0.3, 0.4) is 0 Å². The highest BCUT2D eigenvalue weighted by atomic mass is 127. The fraction of sp³-hybridized carbons (Fsp3) is 0.200. The summed E-state index contributed by atoms with van der Waals surface area (Å²) in [5.74, 6) is 0. The lowest BCUT2D eigenvalue weighted by atomic mass is 10.0. The van der Waals surface area contributed by atoms with Gasteiger partial charge < -0.3 is 4.74 Å². The minimum atomic E-state index is 0.0209. The van der Waals surface area contributed by atoms with Crippen molar-refractivity contribution in [2.45, 2.75) is 13.0 Å². The first kappa shape index (κ1) is 12.6. The maximum absolute atomic E-state index is 5.60. The summed E-state index contributed by atoms with van der Waals surface area (Å²) in [6, 6.07) is 16.9. The van der Waals surface area contributed by atoms with Gasteiger partial charge in [0.05, 0.1) is 0 Å². The van der Waals surface area contributed by atoms with E-state index in [0.29, 0.717) is 0 Å². The maximum Gasteiger partial charge on any atom is 0.107 e. The van der Waals surface area contributed by atoms with Gasteiger partial charge in [-0.05, 0) is 52.8 Å². The zero-order valence-corrected chi connectivity index (χ0v) is 12.1. The van der Waals surface area contributed by atoms with Crippen LogP contribution in [-0.4, -0.2) is 7.11 Å². The Balaban J connectivity index is 2.33. The van der Waals surface area contributed by atoms with Crippen LogP contribution in [-0.2, 0) is 4.74 Å². The van der Waals surface area contributed by atoms with Crippen LogP contribution in [0, 0.1) is 10.5 Å². The second-order valence-electron chi connectivity index (χ2n) is 4.08. The van der Waals surface area contributed by atoms with Gasteiger partial charge in [0.1, 0.15) is 6.10 Å². The van der Waals surface area contributed by atoms with Crippen molar-refractivity contribution in [3.8, 4) is 0 Å². The average molecular weight is 338 g/mol. The summed E-state index contributed by atoms with van der Waals surface area (Å²) in [5, 5.41) is 0. The van der Waals surface area contributed by atoms with Crippen LogP contribution in [0.4, 0.5) is 0 Å². The Labute approximate surface area is 116 Å². The van der Waals surface area contributed by atoms with Gasteiger partial charge in [0, 0.05) is 10.7 Å². The third-order valence-corrected chi connectivity index (χ3v) is 3.51. The largest absolute Gasteiger partial charge is 0.372 e. The molecule has 88 valence electrons. The Morgan fingerprint density at radius 1 is 0.882 bits per heavy atom. The molecule has 0 saturated heterocycles. The smallest absolute Gasteiger partial charge is 0.107 e. The van der Waals surface area contributed by atoms with E-state index >= 15 is 0 Å². The number of hydrogen-bond donors (Lipinski definition) is 0. The van der Waals surface area contributed by atoms with Gasteiger partial charge in [0.15, 0.2) is 0 Å². The fourth-order valence-corrected chi connectivity index (χ4v) is 2.20. The third kappa shape index (κ3) is 3.07. The van der Waals surface area contributed by atoms with Gasteiger partial charge >= 0.3 is 0 Å². The molecule has 0 heterocycles. The van der Waals surface area contributed by atoms with Crippen molar-refractivity contribution in [3.63, 3.8) is 0 Å². The summed E-state index contributed by atoms with van der Waals surface area (Å²) in [4.78, 5) is 0. The molecule has 0 fully saturated rings. The highest BCUT2D eigenvalue weighted by molar-refractivity contribution is 14.1. The van der Waals surface area contributed by atoms with Crippen LogP contribution >= 0.6 is 22.6 Å². The molecule has 0 aromatic heterocycles. The second kappa shape index (κ2) is 5.65. The standard InChI is InChI=1S/C15H15IO/c1-11-3-5-12(6-4-11)15(17-2)13-7-9-14(16)10-8-13/h3-10,15H,1-2H3. The number of aryl methyl sites for hydroxylation is 1. The van der Waals surface area contributed by atoms with E-state index in [9.17, 15) is 0 Å². The lowest BCUT2D eigenvalue weighted by Gasteiger charge is -2.16. The van der Waals surface area contributed by atoms with E-state index in [1.807, 2.05) is 0 Å². The lowest BCUT2D eigenvalue weighted by Crippen LogP contribution is -2.03. The molecule has 2 aromatic carbocycles. The number of rotatable bonds is 3. The Bertz CT molecular complexity index is 428. The first-order valence-corrected chi connectivity index (χ1v) is 6.63. The van der Waals surface area contributed by atoms with Gasteiger partial charge in [0.25, 0.3) is 0 Å². The van der Waals surface area contributed by atoms with E-state index in [2.05, 4.69) is 78.0 Å². The molecule has 1 nitrogen and oxygen atoms in total. The third-order valence-electron chi connectivity index (χ3n) is 2.79. The van der Waals surface area contributed by atoms with Gasteiger partial charge in [-0.15, -0.1) is 0 Å². The zero-order valence-electron chi connectivity index (χ0n) is 9.98. The Hall–Kier alpha value is -0.870. The highest BCUT2D eigenvalue weighted by Gasteiger charge is 2.12.